The molecule has 2 aliphatic heterocycles. The van der Waals surface area contributed by atoms with E-state index in [1.165, 1.54) is 21.3 Å². The summed E-state index contributed by atoms with van der Waals surface area (Å²) in [5.74, 6) is 6.29. The van der Waals surface area contributed by atoms with Gasteiger partial charge in [-0.05, 0) is 29.8 Å². The maximum absolute atomic E-state index is 12.6. The number of anilines is 3. The summed E-state index contributed by atoms with van der Waals surface area (Å²) in [4.78, 5) is 12.6. The molecule has 2 heterocycles. The van der Waals surface area contributed by atoms with Gasteiger partial charge >= 0.3 is 5.97 Å². The van der Waals surface area contributed by atoms with Gasteiger partial charge in [0.1, 0.15) is 6.61 Å². The number of rotatable bonds is 5. The van der Waals surface area contributed by atoms with E-state index >= 15 is 0 Å². The molecule has 0 fully saturated rings. The van der Waals surface area contributed by atoms with Gasteiger partial charge in [-0.2, -0.15) is 0 Å². The van der Waals surface area contributed by atoms with Crippen molar-refractivity contribution < 1.29 is 23.7 Å². The zero-order valence-electron chi connectivity index (χ0n) is 16.3. The highest BCUT2D eigenvalue weighted by atomic mass is 16.5. The third-order valence-electron chi connectivity index (χ3n) is 5.20. The van der Waals surface area contributed by atoms with Gasteiger partial charge in [0.05, 0.1) is 44.0 Å². The van der Waals surface area contributed by atoms with Gasteiger partial charge in [0.15, 0.2) is 11.5 Å². The lowest BCUT2D eigenvalue weighted by Gasteiger charge is -2.30. The molecule has 0 spiro atoms. The van der Waals surface area contributed by atoms with Crippen LogP contribution in [0, 0.1) is 0 Å². The number of nitrogens with two attached hydrogens (primary N) is 2. The molecule has 152 valence electrons. The number of carbonyl (C=O) groups is 1. The number of carbonyl (C=O) groups excluding carboxylic acids is 1. The van der Waals surface area contributed by atoms with Crippen LogP contribution in [-0.4, -0.2) is 33.9 Å². The molecule has 2 aromatic carbocycles. The minimum absolute atomic E-state index is 0.171. The van der Waals surface area contributed by atoms with Crippen LogP contribution in [0.15, 0.2) is 35.5 Å². The molecule has 29 heavy (non-hydrogen) atoms. The Morgan fingerprint density at radius 1 is 1.14 bits per heavy atom. The van der Waals surface area contributed by atoms with E-state index in [1.54, 1.807) is 18.2 Å². The van der Waals surface area contributed by atoms with Gasteiger partial charge < -0.3 is 35.4 Å². The van der Waals surface area contributed by atoms with Crippen molar-refractivity contribution in [1.29, 1.82) is 0 Å². The van der Waals surface area contributed by atoms with Crippen molar-refractivity contribution in [3.05, 3.63) is 46.7 Å². The smallest absolute Gasteiger partial charge is 0.337 e. The minimum atomic E-state index is -0.500. The number of hydrazine groups is 1. The second kappa shape index (κ2) is 7.10. The monoisotopic (exact) mass is 398 g/mol. The third kappa shape index (κ3) is 2.78. The van der Waals surface area contributed by atoms with Crippen molar-refractivity contribution in [3.8, 4) is 17.2 Å². The minimum Gasteiger partial charge on any atom is -0.493 e. The molecule has 0 aliphatic carbocycles. The summed E-state index contributed by atoms with van der Waals surface area (Å²) in [6, 6.07) is 7.21. The SMILES string of the molecule is COc1cc(C2C3=C(COC3=O)Nc3ccc(N)c(NN)c32)cc(OC)c1OC. The van der Waals surface area contributed by atoms with Crippen LogP contribution in [0.25, 0.3) is 0 Å². The first kappa shape index (κ1) is 18.8. The molecule has 1 unspecified atom stereocenters. The number of nitrogen functional groups attached to an aromatic ring is 2. The lowest BCUT2D eigenvalue weighted by Crippen LogP contribution is -2.23. The Labute approximate surface area is 167 Å². The van der Waals surface area contributed by atoms with Crippen LogP contribution in [-0.2, 0) is 9.53 Å². The van der Waals surface area contributed by atoms with Crippen molar-refractivity contribution in [2.75, 3.05) is 44.4 Å². The van der Waals surface area contributed by atoms with E-state index in [0.29, 0.717) is 39.9 Å². The van der Waals surface area contributed by atoms with Crippen molar-refractivity contribution in [2.24, 2.45) is 5.84 Å². The first-order chi connectivity index (χ1) is 14.0. The van der Waals surface area contributed by atoms with Gasteiger partial charge in [0.25, 0.3) is 0 Å². The molecule has 0 saturated carbocycles. The standard InChI is InChI=1S/C20H22N4O5/c1-26-13-6-9(7-14(27-2)19(13)28-3)15-16-11(5-4-10(21)18(16)24-22)23-12-8-29-20(25)17(12)15/h4-7,15,23-24H,8,21-22H2,1-3H3. The predicted molar refractivity (Wildman–Crippen MR) is 108 cm³/mol. The number of nitrogens with one attached hydrogen (secondary N) is 2. The van der Waals surface area contributed by atoms with Crippen LogP contribution in [0.4, 0.5) is 17.1 Å². The average molecular weight is 398 g/mol. The van der Waals surface area contributed by atoms with Crippen molar-refractivity contribution in [1.82, 2.24) is 0 Å². The van der Waals surface area contributed by atoms with Crippen LogP contribution in [0.1, 0.15) is 17.0 Å². The first-order valence-corrected chi connectivity index (χ1v) is 8.90. The number of fused-ring (bicyclic) bond motifs is 1. The highest BCUT2D eigenvalue weighted by molar-refractivity contribution is 5.99. The molecular formula is C20H22N4O5. The van der Waals surface area contributed by atoms with Crippen molar-refractivity contribution in [2.45, 2.75) is 5.92 Å². The first-order valence-electron chi connectivity index (χ1n) is 8.90. The van der Waals surface area contributed by atoms with Gasteiger partial charge in [0, 0.05) is 17.2 Å². The van der Waals surface area contributed by atoms with E-state index in [-0.39, 0.29) is 6.61 Å². The summed E-state index contributed by atoms with van der Waals surface area (Å²) in [5, 5.41) is 3.27. The van der Waals surface area contributed by atoms with Crippen LogP contribution in [0.3, 0.4) is 0 Å². The van der Waals surface area contributed by atoms with Crippen molar-refractivity contribution >= 4 is 23.0 Å². The average Bonchev–Trinajstić information content (AvgIpc) is 3.11. The normalized spacial score (nSPS) is 17.1. The second-order valence-electron chi connectivity index (χ2n) is 6.62. The van der Waals surface area contributed by atoms with Crippen LogP contribution < -0.4 is 36.5 Å². The predicted octanol–water partition coefficient (Wildman–Crippen LogP) is 1.95. The Bertz CT molecular complexity index is 1010. The quantitative estimate of drug-likeness (QED) is 0.258. The van der Waals surface area contributed by atoms with E-state index in [2.05, 4.69) is 10.7 Å². The van der Waals surface area contributed by atoms with Gasteiger partial charge in [0.2, 0.25) is 5.75 Å². The number of esters is 1. The van der Waals surface area contributed by atoms with E-state index in [1.807, 2.05) is 6.07 Å². The molecule has 2 aromatic rings. The number of hydrogen-bond donors (Lipinski definition) is 4. The van der Waals surface area contributed by atoms with Crippen LogP contribution >= 0.6 is 0 Å². The van der Waals surface area contributed by atoms with Crippen molar-refractivity contribution in [3.63, 3.8) is 0 Å². The lowest BCUT2D eigenvalue weighted by atomic mass is 9.80. The summed E-state index contributed by atoms with van der Waals surface area (Å²) < 4.78 is 21.7. The fraction of sp³-hybridized carbons (Fsp3) is 0.250. The second-order valence-corrected chi connectivity index (χ2v) is 6.62. The molecule has 1 atom stereocenters. The Morgan fingerprint density at radius 3 is 2.41 bits per heavy atom. The summed E-state index contributed by atoms with van der Waals surface area (Å²) in [7, 11) is 4.61. The Balaban J connectivity index is 2.02. The zero-order chi connectivity index (χ0) is 20.7. The Morgan fingerprint density at radius 2 is 1.83 bits per heavy atom. The Kier molecular flexibility index (Phi) is 4.59. The molecule has 0 radical (unpaired) electrons. The molecule has 0 bridgehead atoms. The van der Waals surface area contributed by atoms with E-state index in [4.69, 9.17) is 30.5 Å². The molecule has 0 amide bonds. The third-order valence-corrected chi connectivity index (χ3v) is 5.20. The molecule has 0 aromatic heterocycles. The fourth-order valence-electron chi connectivity index (χ4n) is 3.93. The summed E-state index contributed by atoms with van der Waals surface area (Å²) >= 11 is 0. The number of ether oxygens (including phenoxy) is 4. The van der Waals surface area contributed by atoms with E-state index in [9.17, 15) is 4.79 Å². The fourth-order valence-corrected chi connectivity index (χ4v) is 3.93. The molecular weight excluding hydrogens is 376 g/mol. The van der Waals surface area contributed by atoms with E-state index in [0.717, 1.165) is 16.8 Å². The Hall–Kier alpha value is -3.59. The number of cyclic esters (lactones) is 1. The topological polar surface area (TPSA) is 130 Å². The summed E-state index contributed by atoms with van der Waals surface area (Å²) in [5.41, 5.74) is 13.3. The van der Waals surface area contributed by atoms with Gasteiger partial charge in [-0.3, -0.25) is 5.84 Å². The molecule has 6 N–H and O–H groups in total. The zero-order valence-corrected chi connectivity index (χ0v) is 16.3. The largest absolute Gasteiger partial charge is 0.493 e. The number of benzene rings is 2. The van der Waals surface area contributed by atoms with Gasteiger partial charge in [-0.15, -0.1) is 0 Å². The number of hydrogen-bond acceptors (Lipinski definition) is 9. The van der Waals surface area contributed by atoms with Gasteiger partial charge in [-0.1, -0.05) is 0 Å². The van der Waals surface area contributed by atoms with E-state index < -0.39 is 11.9 Å². The molecule has 9 nitrogen and oxygen atoms in total. The number of methoxy groups -OCH3 is 3. The summed E-state index contributed by atoms with van der Waals surface area (Å²) in [6.45, 7) is 0.171. The molecule has 4 rings (SSSR count). The molecule has 0 saturated heterocycles. The summed E-state index contributed by atoms with van der Waals surface area (Å²) in [6.07, 6.45) is 0. The highest BCUT2D eigenvalue weighted by Crippen LogP contribution is 2.51. The highest BCUT2D eigenvalue weighted by Gasteiger charge is 2.40. The van der Waals surface area contributed by atoms with Gasteiger partial charge in [-0.25, -0.2) is 4.79 Å². The van der Waals surface area contributed by atoms with Crippen LogP contribution in [0.5, 0.6) is 17.2 Å². The lowest BCUT2D eigenvalue weighted by molar-refractivity contribution is -0.136. The van der Waals surface area contributed by atoms with Crippen LogP contribution in [0.2, 0.25) is 0 Å². The molecule has 2 aliphatic rings. The molecule has 9 heteroatoms. The maximum atomic E-state index is 12.6. The maximum Gasteiger partial charge on any atom is 0.337 e.